The number of carbonyl (C=O) groups is 4. The van der Waals surface area contributed by atoms with Crippen molar-refractivity contribution in [1.82, 2.24) is 10.6 Å². The maximum absolute atomic E-state index is 12.6. The van der Waals surface area contributed by atoms with E-state index in [0.29, 0.717) is 11.1 Å². The van der Waals surface area contributed by atoms with E-state index in [2.05, 4.69) is 10.6 Å². The van der Waals surface area contributed by atoms with Crippen molar-refractivity contribution < 1.29 is 19.2 Å². The SMILES string of the molecule is O=C(Cl)CCNC(=O)c1ccc2cc(C(=O)NCCC(=O)Cl)c3sccc3c2c1. The molecule has 0 aliphatic carbocycles. The molecule has 0 aliphatic heterocycles. The molecule has 3 aromatic rings. The van der Waals surface area contributed by atoms with Gasteiger partial charge in [-0.3, -0.25) is 19.2 Å². The van der Waals surface area contributed by atoms with Crippen LogP contribution in [0.15, 0.2) is 35.7 Å². The number of nitrogens with one attached hydrogen (secondary N) is 2. The number of benzene rings is 2. The van der Waals surface area contributed by atoms with E-state index in [-0.39, 0.29) is 37.7 Å². The number of thiophene rings is 1. The second-order valence-electron chi connectivity index (χ2n) is 6.25. The van der Waals surface area contributed by atoms with Crippen molar-refractivity contribution >= 4 is 77.7 Å². The Bertz CT molecular complexity index is 1130. The Morgan fingerprint density at radius 1 is 0.828 bits per heavy atom. The molecule has 1 heterocycles. The molecule has 2 N–H and O–H groups in total. The fourth-order valence-corrected chi connectivity index (χ4v) is 4.03. The minimum atomic E-state index is -0.509. The Kier molecular flexibility index (Phi) is 6.84. The minimum Gasteiger partial charge on any atom is -0.352 e. The molecule has 1 aromatic heterocycles. The number of amides is 2. The van der Waals surface area contributed by atoms with Crippen LogP contribution in [0.1, 0.15) is 33.6 Å². The first kappa shape index (κ1) is 21.2. The van der Waals surface area contributed by atoms with Crippen molar-refractivity contribution in [3.8, 4) is 0 Å². The molecule has 0 radical (unpaired) electrons. The van der Waals surface area contributed by atoms with Crippen molar-refractivity contribution in [2.24, 2.45) is 0 Å². The van der Waals surface area contributed by atoms with Crippen LogP contribution in [0.3, 0.4) is 0 Å². The van der Waals surface area contributed by atoms with Crippen molar-refractivity contribution in [3.63, 3.8) is 0 Å². The smallest absolute Gasteiger partial charge is 0.252 e. The van der Waals surface area contributed by atoms with Gasteiger partial charge in [-0.15, -0.1) is 11.3 Å². The maximum atomic E-state index is 12.6. The van der Waals surface area contributed by atoms with Gasteiger partial charge >= 0.3 is 0 Å². The van der Waals surface area contributed by atoms with Gasteiger partial charge in [0.05, 0.1) is 5.56 Å². The van der Waals surface area contributed by atoms with Crippen LogP contribution in [0, 0.1) is 0 Å². The summed E-state index contributed by atoms with van der Waals surface area (Å²) < 4.78 is 0.789. The maximum Gasteiger partial charge on any atom is 0.252 e. The number of rotatable bonds is 8. The lowest BCUT2D eigenvalue weighted by Crippen LogP contribution is -2.25. The monoisotopic (exact) mass is 450 g/mol. The Morgan fingerprint density at radius 2 is 1.48 bits per heavy atom. The average molecular weight is 451 g/mol. The van der Waals surface area contributed by atoms with Gasteiger partial charge < -0.3 is 10.6 Å². The van der Waals surface area contributed by atoms with E-state index in [1.165, 1.54) is 11.3 Å². The first-order valence-electron chi connectivity index (χ1n) is 8.74. The van der Waals surface area contributed by atoms with Gasteiger partial charge in [0.1, 0.15) is 0 Å². The topological polar surface area (TPSA) is 92.3 Å². The highest BCUT2D eigenvalue weighted by molar-refractivity contribution is 7.17. The summed E-state index contributed by atoms with van der Waals surface area (Å²) in [5, 5.41) is 8.72. The molecule has 0 aliphatic rings. The number of halogens is 2. The third-order valence-electron chi connectivity index (χ3n) is 4.27. The summed E-state index contributed by atoms with van der Waals surface area (Å²) in [5.41, 5.74) is 0.951. The zero-order valence-electron chi connectivity index (χ0n) is 15.1. The second kappa shape index (κ2) is 9.35. The highest BCUT2D eigenvalue weighted by Gasteiger charge is 2.16. The predicted octanol–water partition coefficient (Wildman–Crippen LogP) is 3.83. The van der Waals surface area contributed by atoms with E-state index in [4.69, 9.17) is 23.2 Å². The van der Waals surface area contributed by atoms with Crippen LogP contribution in [0.5, 0.6) is 0 Å². The Balaban J connectivity index is 1.90. The number of hydrogen-bond donors (Lipinski definition) is 2. The molecular formula is C20H16Cl2N2O4S. The van der Waals surface area contributed by atoms with Crippen LogP contribution in [0.2, 0.25) is 0 Å². The molecule has 0 unspecified atom stereocenters. The largest absolute Gasteiger partial charge is 0.352 e. The standard InChI is InChI=1S/C20H16Cl2N2O4S/c21-16(25)3-6-23-19(27)12-2-1-11-9-15(20(28)24-7-4-17(22)26)18-13(5-8-29-18)14(11)10-12/h1-2,5,8-10H,3-4,6-7H2,(H,23,27)(H,24,28). The second-order valence-corrected chi connectivity index (χ2v) is 8.00. The van der Waals surface area contributed by atoms with Gasteiger partial charge in [-0.25, -0.2) is 0 Å². The van der Waals surface area contributed by atoms with E-state index in [1.54, 1.807) is 24.3 Å². The summed E-state index contributed by atoms with van der Waals surface area (Å²) in [7, 11) is 0. The fourth-order valence-electron chi connectivity index (χ4n) is 2.92. The summed E-state index contributed by atoms with van der Waals surface area (Å²) in [6.45, 7) is 0.326. The molecule has 0 spiro atoms. The molecule has 29 heavy (non-hydrogen) atoms. The fraction of sp³-hybridized carbons (Fsp3) is 0.200. The zero-order valence-corrected chi connectivity index (χ0v) is 17.4. The van der Waals surface area contributed by atoms with Crippen LogP contribution in [0.4, 0.5) is 0 Å². The van der Waals surface area contributed by atoms with Gasteiger partial charge in [-0.1, -0.05) is 6.07 Å². The molecule has 6 nitrogen and oxygen atoms in total. The molecule has 0 fully saturated rings. The van der Waals surface area contributed by atoms with Gasteiger partial charge in [0.15, 0.2) is 0 Å². The van der Waals surface area contributed by atoms with Crippen LogP contribution in [0.25, 0.3) is 20.9 Å². The lowest BCUT2D eigenvalue weighted by atomic mass is 10.00. The van der Waals surface area contributed by atoms with Crippen molar-refractivity contribution in [1.29, 1.82) is 0 Å². The molecule has 2 aromatic carbocycles. The van der Waals surface area contributed by atoms with Gasteiger partial charge in [0, 0.05) is 41.6 Å². The Morgan fingerprint density at radius 3 is 2.14 bits per heavy atom. The van der Waals surface area contributed by atoms with Crippen molar-refractivity contribution in [2.75, 3.05) is 13.1 Å². The summed E-state index contributed by atoms with van der Waals surface area (Å²) in [6, 6.07) is 8.85. The molecule has 0 atom stereocenters. The Labute approximate surface area is 180 Å². The average Bonchev–Trinajstić information content (AvgIpc) is 3.16. The lowest BCUT2D eigenvalue weighted by molar-refractivity contribution is -0.112. The van der Waals surface area contributed by atoms with Crippen LogP contribution >= 0.6 is 34.5 Å². The first-order chi connectivity index (χ1) is 13.9. The van der Waals surface area contributed by atoms with Crippen LogP contribution in [-0.4, -0.2) is 35.4 Å². The quantitative estimate of drug-likeness (QED) is 0.510. The predicted molar refractivity (Wildman–Crippen MR) is 115 cm³/mol. The van der Waals surface area contributed by atoms with E-state index in [0.717, 1.165) is 20.9 Å². The molecule has 0 saturated carbocycles. The van der Waals surface area contributed by atoms with Crippen LogP contribution < -0.4 is 10.6 Å². The summed E-state index contributed by atoms with van der Waals surface area (Å²) in [6.07, 6.45) is 0.117. The number of carbonyl (C=O) groups excluding carboxylic acids is 4. The van der Waals surface area contributed by atoms with Crippen molar-refractivity contribution in [2.45, 2.75) is 12.8 Å². The lowest BCUT2D eigenvalue weighted by Gasteiger charge is -2.10. The number of fused-ring (bicyclic) bond motifs is 3. The molecule has 0 saturated heterocycles. The molecule has 2 amide bonds. The summed E-state index contributed by atoms with van der Waals surface area (Å²) in [4.78, 5) is 46.5. The molecular weight excluding hydrogens is 435 g/mol. The number of hydrogen-bond acceptors (Lipinski definition) is 5. The van der Waals surface area contributed by atoms with Gasteiger partial charge in [-0.2, -0.15) is 0 Å². The van der Waals surface area contributed by atoms with Gasteiger partial charge in [-0.05, 0) is 63.6 Å². The molecule has 9 heteroatoms. The minimum absolute atomic E-state index is 0.0578. The van der Waals surface area contributed by atoms with Gasteiger partial charge in [0.2, 0.25) is 10.5 Å². The Hall–Kier alpha value is -2.48. The third-order valence-corrected chi connectivity index (χ3v) is 5.60. The molecule has 0 bridgehead atoms. The zero-order chi connectivity index (χ0) is 21.0. The van der Waals surface area contributed by atoms with E-state index >= 15 is 0 Å². The van der Waals surface area contributed by atoms with Gasteiger partial charge in [0.25, 0.3) is 11.8 Å². The summed E-state index contributed by atoms with van der Waals surface area (Å²) >= 11 is 12.0. The normalized spacial score (nSPS) is 10.8. The van der Waals surface area contributed by atoms with E-state index in [1.807, 2.05) is 11.4 Å². The van der Waals surface area contributed by atoms with E-state index < -0.39 is 10.5 Å². The third kappa shape index (κ3) is 5.12. The molecule has 3 rings (SSSR count). The first-order valence-corrected chi connectivity index (χ1v) is 10.4. The summed E-state index contributed by atoms with van der Waals surface area (Å²) in [5.74, 6) is -0.592. The van der Waals surface area contributed by atoms with Crippen LogP contribution in [-0.2, 0) is 9.59 Å². The molecule has 150 valence electrons. The highest BCUT2D eigenvalue weighted by Crippen LogP contribution is 2.33. The van der Waals surface area contributed by atoms with Crippen molar-refractivity contribution in [3.05, 3.63) is 46.8 Å². The van der Waals surface area contributed by atoms with E-state index in [9.17, 15) is 19.2 Å². The highest BCUT2D eigenvalue weighted by atomic mass is 35.5.